The van der Waals surface area contributed by atoms with Gasteiger partial charge in [-0.15, -0.1) is 24.8 Å². The highest BCUT2D eigenvalue weighted by molar-refractivity contribution is 5.85. The summed E-state index contributed by atoms with van der Waals surface area (Å²) in [5, 5.41) is 6.53. The highest BCUT2D eigenvalue weighted by atomic mass is 35.5. The van der Waals surface area contributed by atoms with Crippen molar-refractivity contribution in [2.75, 3.05) is 32.7 Å². The number of rotatable bonds is 5. The van der Waals surface area contributed by atoms with E-state index < -0.39 is 0 Å². The summed E-state index contributed by atoms with van der Waals surface area (Å²) in [5.74, 6) is 0.357. The third-order valence-corrected chi connectivity index (χ3v) is 4.90. The van der Waals surface area contributed by atoms with Gasteiger partial charge in [-0.05, 0) is 50.9 Å². The first-order valence-corrected chi connectivity index (χ1v) is 8.62. The molecule has 2 atom stereocenters. The Hall–Kier alpha value is -0.810. The van der Waals surface area contributed by atoms with Gasteiger partial charge in [0, 0.05) is 13.1 Å². The molecule has 1 aromatic carbocycles. The lowest BCUT2D eigenvalue weighted by Gasteiger charge is -2.29. The fourth-order valence-electron chi connectivity index (χ4n) is 3.60. The minimum absolute atomic E-state index is 0. The second kappa shape index (κ2) is 10.9. The van der Waals surface area contributed by atoms with E-state index >= 15 is 0 Å². The summed E-state index contributed by atoms with van der Waals surface area (Å²) < 4.78 is 0. The summed E-state index contributed by atoms with van der Waals surface area (Å²) in [7, 11) is 0. The fourth-order valence-corrected chi connectivity index (χ4v) is 3.60. The molecule has 136 valence electrons. The van der Waals surface area contributed by atoms with Crippen LogP contribution in [0.25, 0.3) is 0 Å². The minimum atomic E-state index is 0. The van der Waals surface area contributed by atoms with Crippen LogP contribution in [0.2, 0.25) is 0 Å². The van der Waals surface area contributed by atoms with E-state index in [4.69, 9.17) is 0 Å². The van der Waals surface area contributed by atoms with Crippen LogP contribution in [0.4, 0.5) is 0 Å². The van der Waals surface area contributed by atoms with E-state index in [1.165, 1.54) is 18.4 Å². The third kappa shape index (κ3) is 5.62. The number of nitrogens with zero attached hydrogens (tertiary/aromatic N) is 1. The number of nitrogens with one attached hydrogen (secondary N) is 2. The molecule has 1 aromatic rings. The lowest BCUT2D eigenvalue weighted by atomic mass is 9.98. The Kier molecular flexibility index (Phi) is 9.67. The van der Waals surface area contributed by atoms with E-state index in [0.717, 1.165) is 45.6 Å². The fraction of sp³-hybridized carbons (Fsp3) is 0.611. The van der Waals surface area contributed by atoms with Gasteiger partial charge >= 0.3 is 0 Å². The van der Waals surface area contributed by atoms with Crippen LogP contribution in [0, 0.1) is 5.92 Å². The number of halogens is 2. The van der Waals surface area contributed by atoms with E-state index in [2.05, 4.69) is 45.9 Å². The average molecular weight is 374 g/mol. The van der Waals surface area contributed by atoms with Crippen molar-refractivity contribution >= 4 is 30.7 Å². The molecule has 2 heterocycles. The summed E-state index contributed by atoms with van der Waals surface area (Å²) in [6, 6.07) is 10.9. The van der Waals surface area contributed by atoms with Gasteiger partial charge in [0.25, 0.3) is 0 Å². The maximum Gasteiger partial charge on any atom is 0.224 e. The Labute approximate surface area is 157 Å². The van der Waals surface area contributed by atoms with Crippen molar-refractivity contribution in [2.24, 2.45) is 5.92 Å². The van der Waals surface area contributed by atoms with Crippen LogP contribution in [-0.4, -0.2) is 43.5 Å². The molecule has 1 amide bonds. The molecule has 2 saturated heterocycles. The van der Waals surface area contributed by atoms with Gasteiger partial charge in [-0.1, -0.05) is 30.3 Å². The zero-order valence-electron chi connectivity index (χ0n) is 14.1. The van der Waals surface area contributed by atoms with Crippen molar-refractivity contribution in [1.82, 2.24) is 15.5 Å². The molecular weight excluding hydrogens is 345 g/mol. The smallest absolute Gasteiger partial charge is 0.224 e. The molecule has 0 aliphatic carbocycles. The van der Waals surface area contributed by atoms with Crippen LogP contribution in [0.1, 0.15) is 37.3 Å². The summed E-state index contributed by atoms with van der Waals surface area (Å²) >= 11 is 0. The first-order chi connectivity index (χ1) is 10.8. The highest BCUT2D eigenvalue weighted by Gasteiger charge is 2.26. The number of carbonyl (C=O) groups is 1. The summed E-state index contributed by atoms with van der Waals surface area (Å²) in [6.07, 6.45) is 4.65. The van der Waals surface area contributed by atoms with Crippen LogP contribution in [-0.2, 0) is 4.79 Å². The molecule has 6 heteroatoms. The number of amides is 1. The minimum Gasteiger partial charge on any atom is -0.354 e. The SMILES string of the molecule is Cl.Cl.O=C(NCC(c1ccccc1)N1CCCC1)[C@@H]1CCCNC1. The van der Waals surface area contributed by atoms with Crippen LogP contribution >= 0.6 is 24.8 Å². The highest BCUT2D eigenvalue weighted by Crippen LogP contribution is 2.24. The van der Waals surface area contributed by atoms with Gasteiger partial charge in [0.15, 0.2) is 0 Å². The second-order valence-electron chi connectivity index (χ2n) is 6.46. The molecule has 3 rings (SSSR count). The number of carbonyl (C=O) groups excluding carboxylic acids is 1. The van der Waals surface area contributed by atoms with Gasteiger partial charge in [0.2, 0.25) is 5.91 Å². The topological polar surface area (TPSA) is 44.4 Å². The second-order valence-corrected chi connectivity index (χ2v) is 6.46. The maximum absolute atomic E-state index is 12.4. The van der Waals surface area contributed by atoms with E-state index in [9.17, 15) is 4.79 Å². The van der Waals surface area contributed by atoms with E-state index in [-0.39, 0.29) is 36.6 Å². The number of piperidine rings is 1. The van der Waals surface area contributed by atoms with Crippen molar-refractivity contribution < 1.29 is 4.79 Å². The van der Waals surface area contributed by atoms with Crippen LogP contribution < -0.4 is 10.6 Å². The first-order valence-electron chi connectivity index (χ1n) is 8.62. The maximum atomic E-state index is 12.4. The Morgan fingerprint density at radius 2 is 1.88 bits per heavy atom. The van der Waals surface area contributed by atoms with Gasteiger partial charge in [0.05, 0.1) is 12.0 Å². The number of likely N-dealkylation sites (tertiary alicyclic amines) is 1. The van der Waals surface area contributed by atoms with E-state index in [1.807, 2.05) is 0 Å². The lowest BCUT2D eigenvalue weighted by molar-refractivity contribution is -0.125. The van der Waals surface area contributed by atoms with Crippen molar-refractivity contribution in [2.45, 2.75) is 31.7 Å². The quantitative estimate of drug-likeness (QED) is 0.833. The average Bonchev–Trinajstić information content (AvgIpc) is 3.11. The largest absolute Gasteiger partial charge is 0.354 e. The first kappa shape index (κ1) is 21.2. The van der Waals surface area contributed by atoms with Crippen LogP contribution in [0.5, 0.6) is 0 Å². The van der Waals surface area contributed by atoms with Gasteiger partial charge in [0.1, 0.15) is 0 Å². The molecule has 0 spiro atoms. The Morgan fingerprint density at radius 3 is 2.50 bits per heavy atom. The zero-order chi connectivity index (χ0) is 15.2. The van der Waals surface area contributed by atoms with E-state index in [1.54, 1.807) is 0 Å². The molecule has 4 nitrogen and oxygen atoms in total. The third-order valence-electron chi connectivity index (χ3n) is 4.90. The predicted molar refractivity (Wildman–Crippen MR) is 103 cm³/mol. The summed E-state index contributed by atoms with van der Waals surface area (Å²) in [6.45, 7) is 4.87. The van der Waals surface area contributed by atoms with Crippen molar-refractivity contribution in [1.29, 1.82) is 0 Å². The number of hydrogen-bond acceptors (Lipinski definition) is 3. The molecule has 2 fully saturated rings. The normalized spacial score (nSPS) is 22.1. The Balaban J connectivity index is 0.00000144. The molecule has 1 unspecified atom stereocenters. The monoisotopic (exact) mass is 373 g/mol. The molecule has 24 heavy (non-hydrogen) atoms. The molecule has 2 aliphatic heterocycles. The number of benzene rings is 1. The Bertz CT molecular complexity index is 474. The molecule has 2 aliphatic rings. The molecule has 0 bridgehead atoms. The molecule has 0 saturated carbocycles. The standard InChI is InChI=1S/C18H27N3O.2ClH/c22-18(16-9-6-10-19-13-16)20-14-17(21-11-4-5-12-21)15-7-2-1-3-8-15;;/h1-3,7-8,16-17,19H,4-6,9-14H2,(H,20,22);2*1H/t16-,17?;;/m1../s1. The van der Waals surface area contributed by atoms with Gasteiger partial charge in [-0.2, -0.15) is 0 Å². The predicted octanol–water partition coefficient (Wildman–Crippen LogP) is 2.78. The van der Waals surface area contributed by atoms with Crippen LogP contribution in [0.15, 0.2) is 30.3 Å². The van der Waals surface area contributed by atoms with Crippen molar-refractivity contribution in [3.05, 3.63) is 35.9 Å². The molecular formula is C18H29Cl2N3O. The summed E-state index contributed by atoms with van der Waals surface area (Å²) in [4.78, 5) is 14.9. The van der Waals surface area contributed by atoms with Crippen molar-refractivity contribution in [3.8, 4) is 0 Å². The molecule has 2 N–H and O–H groups in total. The van der Waals surface area contributed by atoms with Gasteiger partial charge in [-0.25, -0.2) is 0 Å². The lowest BCUT2D eigenvalue weighted by Crippen LogP contribution is -2.43. The Morgan fingerprint density at radius 1 is 1.17 bits per heavy atom. The molecule has 0 aromatic heterocycles. The van der Waals surface area contributed by atoms with Crippen LogP contribution in [0.3, 0.4) is 0 Å². The van der Waals surface area contributed by atoms with Gasteiger partial charge in [-0.3, -0.25) is 9.69 Å². The number of hydrogen-bond donors (Lipinski definition) is 2. The summed E-state index contributed by atoms with van der Waals surface area (Å²) in [5.41, 5.74) is 1.31. The van der Waals surface area contributed by atoms with Gasteiger partial charge < -0.3 is 10.6 Å². The van der Waals surface area contributed by atoms with Crippen molar-refractivity contribution in [3.63, 3.8) is 0 Å². The van der Waals surface area contributed by atoms with E-state index in [0.29, 0.717) is 6.04 Å². The zero-order valence-corrected chi connectivity index (χ0v) is 15.7. The molecule has 0 radical (unpaired) electrons.